The third kappa shape index (κ3) is 6.19. The molecule has 0 saturated carbocycles. The number of imide groups is 2. The quantitative estimate of drug-likeness (QED) is 0.319. The van der Waals surface area contributed by atoms with Crippen molar-refractivity contribution in [1.29, 1.82) is 0 Å². The molecule has 4 rings (SSSR count). The number of halogens is 1. The van der Waals surface area contributed by atoms with Gasteiger partial charge in [0.15, 0.2) is 18.1 Å². The fourth-order valence-corrected chi connectivity index (χ4v) is 3.75. The number of barbiturate groups is 1. The molecule has 2 N–H and O–H groups in total. The second kappa shape index (κ2) is 11.6. The van der Waals surface area contributed by atoms with Crippen LogP contribution in [0.2, 0.25) is 5.02 Å². The molecule has 3 aromatic carbocycles. The normalized spacial score (nSPS) is 14.3. The Morgan fingerprint density at radius 3 is 2.37 bits per heavy atom. The van der Waals surface area contributed by atoms with Gasteiger partial charge in [-0.15, -0.1) is 0 Å². The number of urea groups is 1. The van der Waals surface area contributed by atoms with Crippen LogP contribution in [-0.2, 0) is 14.4 Å². The average Bonchev–Trinajstić information content (AvgIpc) is 2.88. The number of nitrogens with one attached hydrogen (secondary N) is 2. The van der Waals surface area contributed by atoms with Gasteiger partial charge in [0.1, 0.15) is 5.57 Å². The molecule has 1 heterocycles. The van der Waals surface area contributed by atoms with Crippen molar-refractivity contribution in [3.63, 3.8) is 0 Å². The molecular formula is C28H24ClN3O6. The van der Waals surface area contributed by atoms with Crippen molar-refractivity contribution < 1.29 is 28.7 Å². The minimum absolute atomic E-state index is 0.242. The van der Waals surface area contributed by atoms with Crippen molar-refractivity contribution in [3.8, 4) is 11.5 Å². The number of rotatable bonds is 8. The predicted octanol–water partition coefficient (Wildman–Crippen LogP) is 4.73. The molecule has 3 aromatic rings. The number of ether oxygens (including phenoxy) is 2. The van der Waals surface area contributed by atoms with Gasteiger partial charge in [-0.25, -0.2) is 9.69 Å². The molecule has 0 radical (unpaired) electrons. The van der Waals surface area contributed by atoms with Crippen molar-refractivity contribution in [2.45, 2.75) is 13.8 Å². The van der Waals surface area contributed by atoms with E-state index in [1.54, 1.807) is 37.3 Å². The lowest BCUT2D eigenvalue weighted by atomic mass is 10.1. The summed E-state index contributed by atoms with van der Waals surface area (Å²) in [6.45, 7) is 3.79. The molecule has 0 bridgehead atoms. The lowest BCUT2D eigenvalue weighted by molar-refractivity contribution is -0.122. The topological polar surface area (TPSA) is 114 Å². The first kappa shape index (κ1) is 26.4. The molecule has 5 amide bonds. The Balaban J connectivity index is 1.52. The molecule has 38 heavy (non-hydrogen) atoms. The Morgan fingerprint density at radius 2 is 1.68 bits per heavy atom. The van der Waals surface area contributed by atoms with Crippen molar-refractivity contribution in [3.05, 3.63) is 88.5 Å². The smallest absolute Gasteiger partial charge is 0.335 e. The van der Waals surface area contributed by atoms with Crippen LogP contribution in [-0.4, -0.2) is 37.0 Å². The maximum absolute atomic E-state index is 13.1. The van der Waals surface area contributed by atoms with E-state index in [2.05, 4.69) is 10.6 Å². The molecule has 1 aliphatic rings. The highest BCUT2D eigenvalue weighted by Gasteiger charge is 2.36. The third-order valence-corrected chi connectivity index (χ3v) is 5.71. The average molecular weight is 534 g/mol. The molecule has 1 aliphatic heterocycles. The molecule has 10 heteroatoms. The highest BCUT2D eigenvalue weighted by Crippen LogP contribution is 2.30. The number of anilines is 2. The van der Waals surface area contributed by atoms with Crippen LogP contribution in [0.15, 0.2) is 72.3 Å². The molecule has 0 aromatic heterocycles. The summed E-state index contributed by atoms with van der Waals surface area (Å²) in [5.74, 6) is -1.33. The number of carbonyl (C=O) groups is 4. The van der Waals surface area contributed by atoms with Crippen LogP contribution < -0.4 is 25.0 Å². The fraction of sp³-hybridized carbons (Fsp3) is 0.143. The van der Waals surface area contributed by atoms with Gasteiger partial charge < -0.3 is 14.8 Å². The van der Waals surface area contributed by atoms with Gasteiger partial charge in [0.25, 0.3) is 17.7 Å². The Morgan fingerprint density at radius 1 is 0.974 bits per heavy atom. The van der Waals surface area contributed by atoms with E-state index >= 15 is 0 Å². The van der Waals surface area contributed by atoms with Gasteiger partial charge in [-0.1, -0.05) is 35.4 Å². The number of hydrogen-bond acceptors (Lipinski definition) is 6. The maximum atomic E-state index is 13.1. The summed E-state index contributed by atoms with van der Waals surface area (Å²) in [6.07, 6.45) is 1.35. The zero-order valence-electron chi connectivity index (χ0n) is 20.6. The van der Waals surface area contributed by atoms with Gasteiger partial charge in [-0.2, -0.15) is 0 Å². The zero-order valence-corrected chi connectivity index (χ0v) is 21.4. The van der Waals surface area contributed by atoms with Crippen molar-refractivity contribution in [2.24, 2.45) is 0 Å². The van der Waals surface area contributed by atoms with E-state index in [9.17, 15) is 19.2 Å². The van der Waals surface area contributed by atoms with E-state index < -0.39 is 17.8 Å². The van der Waals surface area contributed by atoms with Gasteiger partial charge in [-0.05, 0) is 74.0 Å². The van der Waals surface area contributed by atoms with Crippen LogP contribution in [0, 0.1) is 6.92 Å². The minimum Gasteiger partial charge on any atom is -0.490 e. The lowest BCUT2D eigenvalue weighted by Gasteiger charge is -2.26. The van der Waals surface area contributed by atoms with Gasteiger partial charge >= 0.3 is 6.03 Å². The highest BCUT2D eigenvalue weighted by atomic mass is 35.5. The van der Waals surface area contributed by atoms with Crippen LogP contribution in [0.5, 0.6) is 11.5 Å². The Hall–Kier alpha value is -4.63. The standard InChI is InChI=1S/C28H24ClN3O6/c1-3-37-24-15-18(6-13-23(24)38-16-25(33)30-20-9-4-17(2)5-10-20)14-22-26(34)31-28(36)32(27(22)35)21-11-7-19(29)8-12-21/h4-15H,3,16H2,1-2H3,(H,30,33)(H,31,34,36)/b22-14+. The van der Waals surface area contributed by atoms with E-state index in [4.69, 9.17) is 21.1 Å². The zero-order chi connectivity index (χ0) is 27.2. The lowest BCUT2D eigenvalue weighted by Crippen LogP contribution is -2.54. The Bertz CT molecular complexity index is 1420. The number of benzene rings is 3. The Kier molecular flexibility index (Phi) is 8.08. The summed E-state index contributed by atoms with van der Waals surface area (Å²) in [5.41, 5.74) is 2.20. The van der Waals surface area contributed by atoms with E-state index in [1.165, 1.54) is 30.3 Å². The molecule has 0 atom stereocenters. The van der Waals surface area contributed by atoms with E-state index in [-0.39, 0.29) is 23.8 Å². The van der Waals surface area contributed by atoms with Gasteiger partial charge in [0.05, 0.1) is 12.3 Å². The number of nitrogens with zero attached hydrogens (tertiary/aromatic N) is 1. The largest absolute Gasteiger partial charge is 0.490 e. The summed E-state index contributed by atoms with van der Waals surface area (Å²) in [7, 11) is 0. The first-order valence-corrected chi connectivity index (χ1v) is 12.1. The van der Waals surface area contributed by atoms with Crippen molar-refractivity contribution in [2.75, 3.05) is 23.4 Å². The molecule has 0 spiro atoms. The molecule has 1 fully saturated rings. The summed E-state index contributed by atoms with van der Waals surface area (Å²) in [4.78, 5) is 51.2. The molecule has 194 valence electrons. The van der Waals surface area contributed by atoms with Crippen LogP contribution in [0.1, 0.15) is 18.1 Å². The summed E-state index contributed by atoms with van der Waals surface area (Å²) in [6, 6.07) is 17.3. The number of hydrogen-bond donors (Lipinski definition) is 2. The number of aryl methyl sites for hydroxylation is 1. The molecule has 9 nitrogen and oxygen atoms in total. The summed E-state index contributed by atoms with van der Waals surface area (Å²) in [5, 5.41) is 5.36. The summed E-state index contributed by atoms with van der Waals surface area (Å²) < 4.78 is 11.3. The second-order valence-electron chi connectivity index (χ2n) is 8.28. The fourth-order valence-electron chi connectivity index (χ4n) is 3.63. The van der Waals surface area contributed by atoms with Crippen LogP contribution in [0.4, 0.5) is 16.2 Å². The highest BCUT2D eigenvalue weighted by molar-refractivity contribution is 6.39. The molecule has 1 saturated heterocycles. The van der Waals surface area contributed by atoms with Gasteiger partial charge in [-0.3, -0.25) is 19.7 Å². The van der Waals surface area contributed by atoms with Gasteiger partial charge in [0.2, 0.25) is 0 Å². The molecule has 0 aliphatic carbocycles. The first-order chi connectivity index (χ1) is 18.2. The predicted molar refractivity (Wildman–Crippen MR) is 143 cm³/mol. The van der Waals surface area contributed by atoms with Crippen molar-refractivity contribution in [1.82, 2.24) is 5.32 Å². The minimum atomic E-state index is -0.859. The maximum Gasteiger partial charge on any atom is 0.335 e. The van der Waals surface area contributed by atoms with Crippen LogP contribution in [0.3, 0.4) is 0 Å². The SMILES string of the molecule is CCOc1cc(/C=C2\C(=O)NC(=O)N(c3ccc(Cl)cc3)C2=O)ccc1OCC(=O)Nc1ccc(C)cc1. The first-order valence-electron chi connectivity index (χ1n) is 11.7. The van der Waals surface area contributed by atoms with Crippen LogP contribution in [0.25, 0.3) is 6.08 Å². The summed E-state index contributed by atoms with van der Waals surface area (Å²) >= 11 is 5.90. The third-order valence-electron chi connectivity index (χ3n) is 5.46. The van der Waals surface area contributed by atoms with E-state index in [1.807, 2.05) is 19.1 Å². The molecular weight excluding hydrogens is 510 g/mol. The van der Waals surface area contributed by atoms with Crippen LogP contribution >= 0.6 is 11.6 Å². The van der Waals surface area contributed by atoms with E-state index in [0.717, 1.165) is 10.5 Å². The van der Waals surface area contributed by atoms with Gasteiger partial charge in [0, 0.05) is 10.7 Å². The second-order valence-corrected chi connectivity index (χ2v) is 8.71. The van der Waals surface area contributed by atoms with E-state index in [0.29, 0.717) is 34.4 Å². The number of amides is 5. The monoisotopic (exact) mass is 533 g/mol. The molecule has 0 unspecified atom stereocenters. The number of carbonyl (C=O) groups excluding carboxylic acids is 4. The van der Waals surface area contributed by atoms with Crippen molar-refractivity contribution >= 4 is 52.8 Å². The Labute approximate surface area is 224 Å².